The number of ether oxygens (including phenoxy) is 1. The van der Waals surface area contributed by atoms with E-state index in [2.05, 4.69) is 32.7 Å². The van der Waals surface area contributed by atoms with Crippen molar-refractivity contribution >= 4 is 27.8 Å². The van der Waals surface area contributed by atoms with Gasteiger partial charge in [0.05, 0.1) is 24.0 Å². The zero-order valence-corrected chi connectivity index (χ0v) is 14.6. The molecule has 0 unspecified atom stereocenters. The van der Waals surface area contributed by atoms with Crippen molar-refractivity contribution in [3.8, 4) is 0 Å². The zero-order valence-electron chi connectivity index (χ0n) is 14.6. The van der Waals surface area contributed by atoms with Crippen LogP contribution in [0.1, 0.15) is 18.4 Å². The van der Waals surface area contributed by atoms with Gasteiger partial charge in [0.2, 0.25) is 0 Å². The summed E-state index contributed by atoms with van der Waals surface area (Å²) in [5.41, 5.74) is 10.0. The second kappa shape index (κ2) is 7.54. The number of aromatic nitrogens is 3. The molecule has 0 aliphatic carbocycles. The van der Waals surface area contributed by atoms with Gasteiger partial charge in [-0.3, -0.25) is 0 Å². The van der Waals surface area contributed by atoms with Crippen LogP contribution in [0, 0.1) is 0 Å². The Kier molecular flexibility index (Phi) is 4.80. The second-order valence-electron chi connectivity index (χ2n) is 6.39. The van der Waals surface area contributed by atoms with Crippen LogP contribution in [-0.2, 0) is 17.9 Å². The average Bonchev–Trinajstić information content (AvgIpc) is 3.10. The van der Waals surface area contributed by atoms with Crippen LogP contribution < -0.4 is 5.73 Å². The average molecular weight is 346 g/mol. The molecule has 26 heavy (non-hydrogen) atoms. The van der Waals surface area contributed by atoms with Crippen LogP contribution in [0.3, 0.4) is 0 Å². The summed E-state index contributed by atoms with van der Waals surface area (Å²) in [6.45, 7) is 2.31. The molecule has 0 bridgehead atoms. The number of nitrogen functional groups attached to an aromatic ring is 1. The van der Waals surface area contributed by atoms with Crippen LogP contribution in [0.4, 0.5) is 5.82 Å². The fourth-order valence-electron chi connectivity index (χ4n) is 3.23. The molecule has 0 saturated heterocycles. The summed E-state index contributed by atoms with van der Waals surface area (Å²) in [4.78, 5) is 8.92. The summed E-state index contributed by atoms with van der Waals surface area (Å²) in [5.74, 6) is 0.489. The minimum Gasteiger partial charge on any atom is -0.382 e. The molecule has 0 amide bonds. The molecule has 2 N–H and O–H groups in total. The van der Waals surface area contributed by atoms with E-state index in [9.17, 15) is 0 Å². The molecule has 0 aliphatic heterocycles. The van der Waals surface area contributed by atoms with E-state index >= 15 is 0 Å². The molecule has 0 saturated carbocycles. The Balaban J connectivity index is 1.39. The number of pyridine rings is 1. The molecule has 2 aromatic carbocycles. The fourth-order valence-corrected chi connectivity index (χ4v) is 3.23. The van der Waals surface area contributed by atoms with E-state index < -0.39 is 0 Å². The summed E-state index contributed by atoms with van der Waals surface area (Å²) in [6, 6.07) is 18.3. The number of benzene rings is 2. The lowest BCUT2D eigenvalue weighted by Crippen LogP contribution is -2.01. The standard InChI is InChI=1S/C21H22N4O/c22-21-19-20(17-10-4-5-11-18(17)24-21)25(15-23-19)12-6-7-13-26-14-16-8-2-1-3-9-16/h1-5,8-11,15H,6-7,12-14H2,(H2,22,24). The maximum atomic E-state index is 6.08. The van der Waals surface area contributed by atoms with E-state index in [1.807, 2.05) is 42.7 Å². The largest absolute Gasteiger partial charge is 0.382 e. The summed E-state index contributed by atoms with van der Waals surface area (Å²) >= 11 is 0. The van der Waals surface area contributed by atoms with Crippen LogP contribution >= 0.6 is 0 Å². The minimum atomic E-state index is 0.489. The number of nitrogens with two attached hydrogens (primary N) is 1. The van der Waals surface area contributed by atoms with Gasteiger partial charge in [0, 0.05) is 18.5 Å². The molecule has 5 heteroatoms. The van der Waals surface area contributed by atoms with Crippen LogP contribution in [-0.4, -0.2) is 21.1 Å². The molecule has 0 radical (unpaired) electrons. The number of unbranched alkanes of at least 4 members (excludes halogenated alkanes) is 1. The van der Waals surface area contributed by atoms with Gasteiger partial charge >= 0.3 is 0 Å². The summed E-state index contributed by atoms with van der Waals surface area (Å²) in [7, 11) is 0. The van der Waals surface area contributed by atoms with Crippen molar-refractivity contribution in [1.29, 1.82) is 0 Å². The van der Waals surface area contributed by atoms with E-state index in [1.165, 1.54) is 5.56 Å². The first-order chi connectivity index (χ1) is 12.8. The van der Waals surface area contributed by atoms with Gasteiger partial charge in [-0.15, -0.1) is 0 Å². The van der Waals surface area contributed by atoms with E-state index in [4.69, 9.17) is 10.5 Å². The number of aryl methyl sites for hydroxylation is 1. The Morgan fingerprint density at radius 2 is 1.77 bits per heavy atom. The molecular weight excluding hydrogens is 324 g/mol. The smallest absolute Gasteiger partial charge is 0.152 e. The highest BCUT2D eigenvalue weighted by Crippen LogP contribution is 2.27. The highest BCUT2D eigenvalue weighted by Gasteiger charge is 2.11. The van der Waals surface area contributed by atoms with Crippen molar-refractivity contribution in [2.75, 3.05) is 12.3 Å². The highest BCUT2D eigenvalue weighted by atomic mass is 16.5. The van der Waals surface area contributed by atoms with E-state index in [1.54, 1.807) is 0 Å². The Morgan fingerprint density at radius 1 is 0.962 bits per heavy atom. The van der Waals surface area contributed by atoms with Gasteiger partial charge < -0.3 is 15.0 Å². The molecule has 2 heterocycles. The van der Waals surface area contributed by atoms with Gasteiger partial charge in [-0.1, -0.05) is 48.5 Å². The Hall–Kier alpha value is -2.92. The van der Waals surface area contributed by atoms with Gasteiger partial charge in [0.25, 0.3) is 0 Å². The maximum Gasteiger partial charge on any atom is 0.152 e. The predicted octanol–water partition coefficient (Wildman–Crippen LogP) is 4.16. The molecule has 2 aromatic heterocycles. The van der Waals surface area contributed by atoms with Crippen molar-refractivity contribution < 1.29 is 4.74 Å². The van der Waals surface area contributed by atoms with Crippen LogP contribution in [0.5, 0.6) is 0 Å². The summed E-state index contributed by atoms with van der Waals surface area (Å²) in [5, 5.41) is 1.09. The number of hydrogen-bond acceptors (Lipinski definition) is 4. The van der Waals surface area contributed by atoms with Crippen LogP contribution in [0.15, 0.2) is 60.9 Å². The quantitative estimate of drug-likeness (QED) is 0.510. The monoisotopic (exact) mass is 346 g/mol. The van der Waals surface area contributed by atoms with Crippen molar-refractivity contribution in [2.24, 2.45) is 0 Å². The number of fused-ring (bicyclic) bond motifs is 3. The van der Waals surface area contributed by atoms with Gasteiger partial charge in [0.15, 0.2) is 5.82 Å². The Morgan fingerprint density at radius 3 is 2.65 bits per heavy atom. The Bertz CT molecular complexity index is 1010. The van der Waals surface area contributed by atoms with Crippen molar-refractivity contribution in [2.45, 2.75) is 26.0 Å². The highest BCUT2D eigenvalue weighted by molar-refractivity contribution is 6.06. The number of imidazole rings is 1. The molecular formula is C21H22N4O. The second-order valence-corrected chi connectivity index (χ2v) is 6.39. The summed E-state index contributed by atoms with van der Waals surface area (Å²) < 4.78 is 7.93. The van der Waals surface area contributed by atoms with Gasteiger partial charge in [-0.2, -0.15) is 0 Å². The predicted molar refractivity (Wildman–Crippen MR) is 105 cm³/mol. The van der Waals surface area contributed by atoms with Crippen molar-refractivity contribution in [1.82, 2.24) is 14.5 Å². The van der Waals surface area contributed by atoms with Crippen LogP contribution in [0.2, 0.25) is 0 Å². The third-order valence-electron chi connectivity index (χ3n) is 4.53. The lowest BCUT2D eigenvalue weighted by molar-refractivity contribution is 0.116. The van der Waals surface area contributed by atoms with Crippen molar-refractivity contribution in [3.05, 3.63) is 66.5 Å². The molecule has 0 aliphatic rings. The molecule has 0 spiro atoms. The Labute approximate surface area is 152 Å². The van der Waals surface area contributed by atoms with Gasteiger partial charge in [-0.05, 0) is 24.5 Å². The van der Waals surface area contributed by atoms with E-state index in [0.717, 1.165) is 47.9 Å². The first-order valence-corrected chi connectivity index (χ1v) is 8.93. The molecule has 4 aromatic rings. The summed E-state index contributed by atoms with van der Waals surface area (Å²) in [6.07, 6.45) is 3.89. The number of rotatable bonds is 7. The lowest BCUT2D eigenvalue weighted by Gasteiger charge is -2.08. The lowest BCUT2D eigenvalue weighted by atomic mass is 10.2. The molecule has 132 valence electrons. The number of para-hydroxylation sites is 1. The zero-order chi connectivity index (χ0) is 17.8. The molecule has 4 rings (SSSR count). The minimum absolute atomic E-state index is 0.489. The normalized spacial score (nSPS) is 11.4. The maximum absolute atomic E-state index is 6.08. The van der Waals surface area contributed by atoms with Gasteiger partial charge in [-0.25, -0.2) is 9.97 Å². The third kappa shape index (κ3) is 3.39. The van der Waals surface area contributed by atoms with Crippen LogP contribution in [0.25, 0.3) is 21.9 Å². The number of nitrogens with zero attached hydrogens (tertiary/aromatic N) is 3. The first kappa shape index (κ1) is 16.5. The van der Waals surface area contributed by atoms with E-state index in [-0.39, 0.29) is 0 Å². The first-order valence-electron chi connectivity index (χ1n) is 8.93. The van der Waals surface area contributed by atoms with E-state index in [0.29, 0.717) is 12.4 Å². The molecule has 0 fully saturated rings. The fraction of sp³-hybridized carbons (Fsp3) is 0.238. The molecule has 0 atom stereocenters. The topological polar surface area (TPSA) is 66.0 Å². The molecule has 5 nitrogen and oxygen atoms in total. The number of hydrogen-bond donors (Lipinski definition) is 1. The third-order valence-corrected chi connectivity index (χ3v) is 4.53. The van der Waals surface area contributed by atoms with Gasteiger partial charge in [0.1, 0.15) is 5.52 Å². The SMILES string of the molecule is Nc1nc2ccccc2c2c1ncn2CCCCOCc1ccccc1. The van der Waals surface area contributed by atoms with Crippen molar-refractivity contribution in [3.63, 3.8) is 0 Å². The number of anilines is 1.